The number of benzene rings is 1. The first-order valence-electron chi connectivity index (χ1n) is 9.45. The standard InChI is InChI=1S/C20H28F2N2O4/c1-11(2)19(26)24-12(3)9-23(10-17(24)20(27)28)16(8-13(4)25)18-14(21)6-5-7-15(18)22/h5-7,11-13,16-17,25H,8-10H2,1-4H3,(H,27,28)/t12-,13?,16-,17-/m1/s1. The Morgan fingerprint density at radius 3 is 2.21 bits per heavy atom. The van der Waals surface area contributed by atoms with Crippen molar-refractivity contribution >= 4 is 11.9 Å². The number of carbonyl (C=O) groups excluding carboxylic acids is 1. The number of piperazine rings is 1. The number of nitrogens with zero attached hydrogens (tertiary/aromatic N) is 2. The van der Waals surface area contributed by atoms with Crippen molar-refractivity contribution in [2.24, 2.45) is 5.92 Å². The molecule has 0 saturated carbocycles. The fourth-order valence-electron chi connectivity index (χ4n) is 3.84. The van der Waals surface area contributed by atoms with Gasteiger partial charge in [0, 0.05) is 36.7 Å². The van der Waals surface area contributed by atoms with Crippen LogP contribution >= 0.6 is 0 Å². The van der Waals surface area contributed by atoms with Crippen LogP contribution in [0.1, 0.15) is 45.7 Å². The van der Waals surface area contributed by atoms with E-state index in [1.54, 1.807) is 25.7 Å². The fraction of sp³-hybridized carbons (Fsp3) is 0.600. The molecule has 1 fully saturated rings. The van der Waals surface area contributed by atoms with Gasteiger partial charge in [-0.05, 0) is 32.4 Å². The summed E-state index contributed by atoms with van der Waals surface area (Å²) < 4.78 is 28.9. The first-order valence-corrected chi connectivity index (χ1v) is 9.45. The van der Waals surface area contributed by atoms with Crippen molar-refractivity contribution in [2.45, 2.75) is 58.3 Å². The molecule has 156 valence electrons. The highest BCUT2D eigenvalue weighted by Crippen LogP contribution is 2.33. The Morgan fingerprint density at radius 1 is 1.18 bits per heavy atom. The summed E-state index contributed by atoms with van der Waals surface area (Å²) in [5.74, 6) is -3.30. The van der Waals surface area contributed by atoms with Gasteiger partial charge in [-0.15, -0.1) is 0 Å². The van der Waals surface area contributed by atoms with Gasteiger partial charge in [0.05, 0.1) is 6.10 Å². The zero-order chi connectivity index (χ0) is 21.2. The van der Waals surface area contributed by atoms with Gasteiger partial charge in [0.1, 0.15) is 17.7 Å². The van der Waals surface area contributed by atoms with Crippen molar-refractivity contribution in [1.29, 1.82) is 0 Å². The summed E-state index contributed by atoms with van der Waals surface area (Å²) in [5.41, 5.74) is -0.191. The zero-order valence-corrected chi connectivity index (χ0v) is 16.6. The van der Waals surface area contributed by atoms with Gasteiger partial charge in [-0.3, -0.25) is 9.69 Å². The van der Waals surface area contributed by atoms with Crippen molar-refractivity contribution in [3.63, 3.8) is 0 Å². The topological polar surface area (TPSA) is 81.1 Å². The minimum atomic E-state index is -1.17. The Bertz CT molecular complexity index is 706. The van der Waals surface area contributed by atoms with Crippen LogP contribution in [0.2, 0.25) is 0 Å². The quantitative estimate of drug-likeness (QED) is 0.769. The molecule has 6 nitrogen and oxygen atoms in total. The molecule has 0 radical (unpaired) electrons. The van der Waals surface area contributed by atoms with Crippen LogP contribution in [0.5, 0.6) is 0 Å². The van der Waals surface area contributed by atoms with Gasteiger partial charge < -0.3 is 15.1 Å². The Hall–Kier alpha value is -2.06. The molecule has 4 atom stereocenters. The lowest BCUT2D eigenvalue weighted by atomic mass is 9.94. The lowest BCUT2D eigenvalue weighted by Crippen LogP contribution is -2.63. The number of halogens is 2. The summed E-state index contributed by atoms with van der Waals surface area (Å²) in [6.07, 6.45) is -0.812. The first kappa shape index (κ1) is 22.2. The molecule has 1 aliphatic rings. The van der Waals surface area contributed by atoms with Crippen LogP contribution in [0, 0.1) is 17.6 Å². The minimum Gasteiger partial charge on any atom is -0.480 e. The van der Waals surface area contributed by atoms with Gasteiger partial charge >= 0.3 is 5.97 Å². The second-order valence-electron chi connectivity index (χ2n) is 7.79. The number of carboxylic acids is 1. The van der Waals surface area contributed by atoms with E-state index in [2.05, 4.69) is 0 Å². The van der Waals surface area contributed by atoms with Crippen LogP contribution in [-0.2, 0) is 9.59 Å². The molecule has 2 rings (SSSR count). The molecule has 28 heavy (non-hydrogen) atoms. The Balaban J connectivity index is 2.43. The highest BCUT2D eigenvalue weighted by molar-refractivity contribution is 5.85. The molecule has 0 spiro atoms. The maximum Gasteiger partial charge on any atom is 0.327 e. The molecule has 1 saturated heterocycles. The smallest absolute Gasteiger partial charge is 0.327 e. The first-order chi connectivity index (χ1) is 13.0. The van der Waals surface area contributed by atoms with E-state index < -0.39 is 41.8 Å². The predicted molar refractivity (Wildman–Crippen MR) is 99.5 cm³/mol. The Morgan fingerprint density at radius 2 is 1.75 bits per heavy atom. The number of aliphatic hydroxyl groups is 1. The second kappa shape index (κ2) is 8.96. The zero-order valence-electron chi connectivity index (χ0n) is 16.6. The Labute approximate surface area is 163 Å². The largest absolute Gasteiger partial charge is 0.480 e. The summed E-state index contributed by atoms with van der Waals surface area (Å²) in [6.45, 7) is 6.80. The van der Waals surface area contributed by atoms with Crippen molar-refractivity contribution < 1.29 is 28.6 Å². The number of hydrogen-bond donors (Lipinski definition) is 2. The number of aliphatic carboxylic acids is 1. The summed E-state index contributed by atoms with van der Waals surface area (Å²) in [5, 5.41) is 19.6. The van der Waals surface area contributed by atoms with Crippen molar-refractivity contribution in [3.05, 3.63) is 35.4 Å². The van der Waals surface area contributed by atoms with E-state index in [1.165, 1.54) is 17.9 Å². The van der Waals surface area contributed by atoms with E-state index in [0.29, 0.717) is 0 Å². The molecular formula is C20H28F2N2O4. The van der Waals surface area contributed by atoms with E-state index in [0.717, 1.165) is 12.1 Å². The van der Waals surface area contributed by atoms with Crippen LogP contribution in [0.4, 0.5) is 8.78 Å². The number of aliphatic hydroxyl groups excluding tert-OH is 1. The summed E-state index contributed by atoms with van der Waals surface area (Å²) in [7, 11) is 0. The van der Waals surface area contributed by atoms with Crippen molar-refractivity contribution in [3.8, 4) is 0 Å². The molecule has 0 bridgehead atoms. The van der Waals surface area contributed by atoms with Crippen molar-refractivity contribution in [1.82, 2.24) is 9.80 Å². The lowest BCUT2D eigenvalue weighted by Gasteiger charge is -2.47. The molecule has 1 aliphatic heterocycles. The van der Waals surface area contributed by atoms with Crippen LogP contribution in [-0.4, -0.2) is 63.2 Å². The normalized spacial score (nSPS) is 22.9. The summed E-state index contributed by atoms with van der Waals surface area (Å²) in [6, 6.07) is 1.10. The third-order valence-electron chi connectivity index (χ3n) is 5.09. The monoisotopic (exact) mass is 398 g/mol. The highest BCUT2D eigenvalue weighted by atomic mass is 19.1. The highest BCUT2D eigenvalue weighted by Gasteiger charge is 2.43. The summed E-state index contributed by atoms with van der Waals surface area (Å²) in [4.78, 5) is 27.4. The van der Waals surface area contributed by atoms with Gasteiger partial charge in [0.25, 0.3) is 0 Å². The second-order valence-corrected chi connectivity index (χ2v) is 7.79. The number of carbonyl (C=O) groups is 2. The van der Waals surface area contributed by atoms with Gasteiger partial charge in [0.15, 0.2) is 0 Å². The van der Waals surface area contributed by atoms with Crippen LogP contribution < -0.4 is 0 Å². The lowest BCUT2D eigenvalue weighted by molar-refractivity contribution is -0.159. The molecule has 1 amide bonds. The van der Waals surface area contributed by atoms with Gasteiger partial charge in [0.2, 0.25) is 5.91 Å². The average Bonchev–Trinajstić information content (AvgIpc) is 2.58. The number of hydrogen-bond acceptors (Lipinski definition) is 4. The van der Waals surface area contributed by atoms with Crippen LogP contribution in [0.25, 0.3) is 0 Å². The van der Waals surface area contributed by atoms with Crippen LogP contribution in [0.15, 0.2) is 18.2 Å². The molecule has 0 aliphatic carbocycles. The maximum atomic E-state index is 14.4. The molecule has 1 aromatic carbocycles. The molecule has 8 heteroatoms. The predicted octanol–water partition coefficient (Wildman–Crippen LogP) is 2.42. The number of amides is 1. The Kier molecular flexibility index (Phi) is 7.11. The van der Waals surface area contributed by atoms with Crippen LogP contribution in [0.3, 0.4) is 0 Å². The van der Waals surface area contributed by atoms with Gasteiger partial charge in [-0.1, -0.05) is 19.9 Å². The summed E-state index contributed by atoms with van der Waals surface area (Å²) >= 11 is 0. The van der Waals surface area contributed by atoms with E-state index >= 15 is 0 Å². The third kappa shape index (κ3) is 4.67. The fourth-order valence-corrected chi connectivity index (χ4v) is 3.84. The van der Waals surface area contributed by atoms with E-state index in [1.807, 2.05) is 0 Å². The van der Waals surface area contributed by atoms with E-state index in [9.17, 15) is 28.6 Å². The minimum absolute atomic E-state index is 0.0367. The molecule has 1 unspecified atom stereocenters. The molecule has 2 N–H and O–H groups in total. The SMILES string of the molecule is CC(O)C[C@H](c1c(F)cccc1F)N1C[C@@H](C)N(C(=O)C(C)C)[C@@H](C(=O)O)C1. The molecule has 1 aromatic rings. The van der Waals surface area contributed by atoms with E-state index in [4.69, 9.17) is 0 Å². The number of rotatable bonds is 6. The molecule has 1 heterocycles. The average molecular weight is 398 g/mol. The van der Waals surface area contributed by atoms with E-state index in [-0.39, 0.29) is 36.9 Å². The maximum absolute atomic E-state index is 14.4. The number of carboxylic acid groups (broad SMARTS) is 1. The van der Waals surface area contributed by atoms with Gasteiger partial charge in [-0.25, -0.2) is 13.6 Å². The third-order valence-corrected chi connectivity index (χ3v) is 5.09. The molecule has 0 aromatic heterocycles. The van der Waals surface area contributed by atoms with Crippen molar-refractivity contribution in [2.75, 3.05) is 13.1 Å². The van der Waals surface area contributed by atoms with Gasteiger partial charge in [-0.2, -0.15) is 0 Å². The molecular weight excluding hydrogens is 370 g/mol.